The highest BCUT2D eigenvalue weighted by atomic mass is 35.5. The highest BCUT2D eigenvalue weighted by Crippen LogP contribution is 2.25. The number of nitrogens with zero attached hydrogens (tertiary/aromatic N) is 3. The first-order chi connectivity index (χ1) is 10.7. The fourth-order valence-electron chi connectivity index (χ4n) is 2.22. The second-order valence-electron chi connectivity index (χ2n) is 5.40. The Hall–Kier alpha value is -2.08. The predicted molar refractivity (Wildman–Crippen MR) is 85.4 cm³/mol. The summed E-state index contributed by atoms with van der Waals surface area (Å²) in [6.45, 7) is 1.14. The average Bonchev–Trinajstić information content (AvgIpc) is 2.92. The Balaban J connectivity index is 1.56. The summed E-state index contributed by atoms with van der Waals surface area (Å²) in [6, 6.07) is 7.30. The van der Waals surface area contributed by atoms with Gasteiger partial charge in [0.1, 0.15) is 6.54 Å². The lowest BCUT2D eigenvalue weighted by atomic mass is 9.85. The summed E-state index contributed by atoms with van der Waals surface area (Å²) in [6.07, 6.45) is 3.86. The maximum atomic E-state index is 5.95. The normalized spacial score (nSPS) is 15.6. The van der Waals surface area contributed by atoms with Crippen LogP contribution in [0.4, 0.5) is 0 Å². The van der Waals surface area contributed by atoms with Crippen LogP contribution in [-0.2, 0) is 6.54 Å². The molecule has 7 heteroatoms. The Labute approximate surface area is 133 Å². The highest BCUT2D eigenvalue weighted by molar-refractivity contribution is 6.30. The van der Waals surface area contributed by atoms with Crippen molar-refractivity contribution >= 4 is 17.6 Å². The Morgan fingerprint density at radius 1 is 1.45 bits per heavy atom. The average molecular weight is 320 g/mol. The van der Waals surface area contributed by atoms with E-state index in [9.17, 15) is 0 Å². The van der Waals surface area contributed by atoms with Crippen molar-refractivity contribution in [2.24, 2.45) is 16.6 Å². The van der Waals surface area contributed by atoms with Crippen LogP contribution in [0.3, 0.4) is 0 Å². The molecule has 1 heterocycles. The summed E-state index contributed by atoms with van der Waals surface area (Å²) in [4.78, 5) is 8.50. The number of nitrogens with two attached hydrogens (primary N) is 1. The van der Waals surface area contributed by atoms with Gasteiger partial charge in [0.05, 0.1) is 0 Å². The molecule has 3 N–H and O–H groups in total. The van der Waals surface area contributed by atoms with Crippen LogP contribution in [0.15, 0.2) is 33.8 Å². The van der Waals surface area contributed by atoms with Gasteiger partial charge in [-0.25, -0.2) is 4.99 Å². The van der Waals surface area contributed by atoms with Gasteiger partial charge in [0, 0.05) is 17.1 Å². The standard InChI is InChI=1S/C15H18ClN5O/c16-12-6-2-5-11(7-12)14-20-13(22-21-14)9-19-15(17)18-8-10-3-1-4-10/h2,5-7,10H,1,3-4,8-9H2,(H3,17,18,19). The number of hydrogen-bond donors (Lipinski definition) is 2. The Kier molecular flexibility index (Phi) is 4.58. The van der Waals surface area contributed by atoms with Crippen LogP contribution in [0.2, 0.25) is 5.02 Å². The molecule has 116 valence electrons. The number of aromatic nitrogens is 2. The minimum atomic E-state index is 0.261. The van der Waals surface area contributed by atoms with E-state index in [1.165, 1.54) is 19.3 Å². The molecule has 2 aromatic rings. The Morgan fingerprint density at radius 2 is 2.32 bits per heavy atom. The molecule has 0 atom stereocenters. The first-order valence-electron chi connectivity index (χ1n) is 7.33. The fraction of sp³-hybridized carbons (Fsp3) is 0.400. The van der Waals surface area contributed by atoms with Crippen molar-refractivity contribution in [3.05, 3.63) is 35.2 Å². The van der Waals surface area contributed by atoms with Crippen LogP contribution < -0.4 is 11.1 Å². The number of rotatable bonds is 5. The van der Waals surface area contributed by atoms with Gasteiger partial charge in [-0.05, 0) is 30.9 Å². The molecule has 22 heavy (non-hydrogen) atoms. The zero-order valence-electron chi connectivity index (χ0n) is 12.1. The molecule has 3 rings (SSSR count). The van der Waals surface area contributed by atoms with Crippen molar-refractivity contribution in [3.63, 3.8) is 0 Å². The van der Waals surface area contributed by atoms with Gasteiger partial charge in [0.15, 0.2) is 5.96 Å². The number of aliphatic imine (C=N–C) groups is 1. The van der Waals surface area contributed by atoms with Crippen LogP contribution in [0, 0.1) is 5.92 Å². The minimum absolute atomic E-state index is 0.261. The summed E-state index contributed by atoms with van der Waals surface area (Å²) in [5.41, 5.74) is 6.63. The molecule has 0 amide bonds. The topological polar surface area (TPSA) is 89.3 Å². The Bertz CT molecular complexity index is 665. The number of halogens is 1. The van der Waals surface area contributed by atoms with Crippen molar-refractivity contribution in [1.29, 1.82) is 0 Å². The fourth-order valence-corrected chi connectivity index (χ4v) is 2.41. The molecule has 1 fully saturated rings. The van der Waals surface area contributed by atoms with Crippen LogP contribution in [-0.4, -0.2) is 22.6 Å². The van der Waals surface area contributed by atoms with Crippen molar-refractivity contribution < 1.29 is 4.52 Å². The molecular weight excluding hydrogens is 302 g/mol. The van der Waals surface area contributed by atoms with E-state index in [4.69, 9.17) is 21.9 Å². The van der Waals surface area contributed by atoms with Gasteiger partial charge in [-0.1, -0.05) is 35.3 Å². The first-order valence-corrected chi connectivity index (χ1v) is 7.71. The summed E-state index contributed by atoms with van der Waals surface area (Å²) >= 11 is 5.95. The molecule has 1 aliphatic carbocycles. The molecule has 1 aromatic heterocycles. The third kappa shape index (κ3) is 3.76. The van der Waals surface area contributed by atoms with E-state index in [0.717, 1.165) is 18.0 Å². The number of hydrogen-bond acceptors (Lipinski definition) is 4. The summed E-state index contributed by atoms with van der Waals surface area (Å²) in [5, 5.41) is 7.68. The molecule has 0 bridgehead atoms. The molecule has 0 aliphatic heterocycles. The van der Waals surface area contributed by atoms with Gasteiger partial charge in [-0.15, -0.1) is 0 Å². The monoisotopic (exact) mass is 319 g/mol. The van der Waals surface area contributed by atoms with Gasteiger partial charge in [-0.2, -0.15) is 4.98 Å². The van der Waals surface area contributed by atoms with Crippen molar-refractivity contribution in [2.45, 2.75) is 25.8 Å². The molecule has 1 aliphatic rings. The van der Waals surface area contributed by atoms with Crippen LogP contribution in [0.1, 0.15) is 25.2 Å². The van der Waals surface area contributed by atoms with Crippen LogP contribution in [0.25, 0.3) is 11.4 Å². The molecule has 0 radical (unpaired) electrons. The highest BCUT2D eigenvalue weighted by Gasteiger charge is 2.16. The molecule has 6 nitrogen and oxygen atoms in total. The minimum Gasteiger partial charge on any atom is -0.370 e. The summed E-state index contributed by atoms with van der Waals surface area (Å²) < 4.78 is 5.17. The lowest BCUT2D eigenvalue weighted by molar-refractivity contribution is 0.315. The van der Waals surface area contributed by atoms with E-state index in [0.29, 0.717) is 22.7 Å². The first kappa shape index (κ1) is 14.8. The summed E-state index contributed by atoms with van der Waals surface area (Å²) in [5.74, 6) is 2.05. The van der Waals surface area contributed by atoms with Gasteiger partial charge in [0.2, 0.25) is 11.7 Å². The van der Waals surface area contributed by atoms with E-state index in [1.54, 1.807) is 12.1 Å². The van der Waals surface area contributed by atoms with Crippen molar-refractivity contribution in [1.82, 2.24) is 15.5 Å². The van der Waals surface area contributed by atoms with E-state index in [-0.39, 0.29) is 6.54 Å². The number of guanidine groups is 1. The van der Waals surface area contributed by atoms with Crippen molar-refractivity contribution in [2.75, 3.05) is 6.54 Å². The zero-order valence-corrected chi connectivity index (χ0v) is 12.9. The van der Waals surface area contributed by atoms with Gasteiger partial charge >= 0.3 is 0 Å². The second kappa shape index (κ2) is 6.79. The van der Waals surface area contributed by atoms with E-state index in [1.807, 2.05) is 12.1 Å². The largest absolute Gasteiger partial charge is 0.370 e. The van der Waals surface area contributed by atoms with Crippen LogP contribution in [0.5, 0.6) is 0 Å². The zero-order chi connectivity index (χ0) is 15.4. The van der Waals surface area contributed by atoms with Gasteiger partial charge < -0.3 is 15.6 Å². The third-order valence-corrected chi connectivity index (χ3v) is 3.97. The maximum absolute atomic E-state index is 5.95. The maximum Gasteiger partial charge on any atom is 0.248 e. The smallest absolute Gasteiger partial charge is 0.248 e. The third-order valence-electron chi connectivity index (χ3n) is 3.73. The second-order valence-corrected chi connectivity index (χ2v) is 5.84. The number of nitrogens with one attached hydrogen (secondary N) is 1. The van der Waals surface area contributed by atoms with E-state index >= 15 is 0 Å². The number of benzene rings is 1. The molecule has 0 spiro atoms. The molecule has 1 saturated carbocycles. The van der Waals surface area contributed by atoms with Gasteiger partial charge in [0.25, 0.3) is 0 Å². The molecule has 0 saturated heterocycles. The predicted octanol–water partition coefficient (Wildman–Crippen LogP) is 2.59. The van der Waals surface area contributed by atoms with E-state index in [2.05, 4.69) is 20.4 Å². The SMILES string of the molecule is NC(=NCc1nc(-c2cccc(Cl)c2)no1)NCC1CCC1. The summed E-state index contributed by atoms with van der Waals surface area (Å²) in [7, 11) is 0. The van der Waals surface area contributed by atoms with E-state index < -0.39 is 0 Å². The quantitative estimate of drug-likeness (QED) is 0.653. The van der Waals surface area contributed by atoms with Crippen molar-refractivity contribution in [3.8, 4) is 11.4 Å². The molecule has 0 unspecified atom stereocenters. The van der Waals surface area contributed by atoms with Crippen LogP contribution >= 0.6 is 11.6 Å². The lowest BCUT2D eigenvalue weighted by Gasteiger charge is -2.25. The molecular formula is C15H18ClN5O. The van der Waals surface area contributed by atoms with Gasteiger partial charge in [-0.3, -0.25) is 0 Å². The Morgan fingerprint density at radius 3 is 3.05 bits per heavy atom. The molecule has 1 aromatic carbocycles. The lowest BCUT2D eigenvalue weighted by Crippen LogP contribution is -2.37.